The number of amides is 4. The van der Waals surface area contributed by atoms with Gasteiger partial charge in [0.05, 0.1) is 16.3 Å². The lowest BCUT2D eigenvalue weighted by Gasteiger charge is -2.28. The fourth-order valence-electron chi connectivity index (χ4n) is 2.56. The van der Waals surface area contributed by atoms with Gasteiger partial charge in [-0.3, -0.25) is 30.0 Å². The summed E-state index contributed by atoms with van der Waals surface area (Å²) >= 11 is 5.82. The Labute approximate surface area is 163 Å². The number of nitrogens with zero attached hydrogens (tertiary/aromatic N) is 3. The molecule has 1 fully saturated rings. The molecule has 0 aromatic heterocycles. The summed E-state index contributed by atoms with van der Waals surface area (Å²) in [5.74, 6) is -2.98. The second kappa shape index (κ2) is 7.57. The van der Waals surface area contributed by atoms with Gasteiger partial charge in [0.15, 0.2) is 5.92 Å². The molecule has 0 aliphatic carbocycles. The molecule has 1 heterocycles. The highest BCUT2D eigenvalue weighted by Crippen LogP contribution is 2.26. The van der Waals surface area contributed by atoms with Crippen molar-refractivity contribution >= 4 is 52.7 Å². The first kappa shape index (κ1) is 19.2. The van der Waals surface area contributed by atoms with Crippen molar-refractivity contribution in [1.29, 1.82) is 0 Å². The molecule has 28 heavy (non-hydrogen) atoms. The number of benzene rings is 2. The van der Waals surface area contributed by atoms with Gasteiger partial charge in [-0.15, -0.1) is 0 Å². The SMILES string of the molecule is Cc1ccc([N+](=O)[O-])cc1N=C[C@H]1C(=O)NC(=O)N(c2ccc(Cl)cc2)C1=O. The number of urea groups is 1. The van der Waals surface area contributed by atoms with Crippen LogP contribution in [0.3, 0.4) is 0 Å². The van der Waals surface area contributed by atoms with Crippen LogP contribution in [0.1, 0.15) is 5.56 Å². The molecule has 1 N–H and O–H groups in total. The molecule has 3 rings (SSSR count). The van der Waals surface area contributed by atoms with Crippen molar-refractivity contribution in [3.8, 4) is 0 Å². The monoisotopic (exact) mass is 400 g/mol. The lowest BCUT2D eigenvalue weighted by Crippen LogP contribution is -2.58. The summed E-state index contributed by atoms with van der Waals surface area (Å²) in [7, 11) is 0. The second-order valence-electron chi connectivity index (χ2n) is 5.93. The number of nitro benzene ring substituents is 1. The zero-order chi connectivity index (χ0) is 20.4. The lowest BCUT2D eigenvalue weighted by atomic mass is 10.1. The van der Waals surface area contributed by atoms with Crippen LogP contribution in [0.4, 0.5) is 21.9 Å². The predicted molar refractivity (Wildman–Crippen MR) is 102 cm³/mol. The highest BCUT2D eigenvalue weighted by atomic mass is 35.5. The summed E-state index contributed by atoms with van der Waals surface area (Å²) in [4.78, 5) is 52.2. The van der Waals surface area contributed by atoms with E-state index in [1.807, 2.05) is 0 Å². The third kappa shape index (κ3) is 3.74. The van der Waals surface area contributed by atoms with Gasteiger partial charge in [-0.1, -0.05) is 17.7 Å². The van der Waals surface area contributed by atoms with Crippen molar-refractivity contribution in [2.45, 2.75) is 6.92 Å². The van der Waals surface area contributed by atoms with Gasteiger partial charge in [0, 0.05) is 23.4 Å². The number of non-ortho nitro benzene ring substituents is 1. The van der Waals surface area contributed by atoms with E-state index in [4.69, 9.17) is 11.6 Å². The molecular weight excluding hydrogens is 388 g/mol. The number of imide groups is 2. The van der Waals surface area contributed by atoms with Crippen LogP contribution in [-0.4, -0.2) is 29.0 Å². The van der Waals surface area contributed by atoms with Crippen LogP contribution >= 0.6 is 11.6 Å². The van der Waals surface area contributed by atoms with Crippen LogP contribution in [0.25, 0.3) is 0 Å². The maximum atomic E-state index is 12.7. The molecule has 1 aliphatic rings. The van der Waals surface area contributed by atoms with Gasteiger partial charge in [-0.05, 0) is 36.8 Å². The molecule has 0 unspecified atom stereocenters. The Kier molecular flexibility index (Phi) is 5.18. The van der Waals surface area contributed by atoms with Crippen molar-refractivity contribution in [1.82, 2.24) is 5.32 Å². The minimum atomic E-state index is -1.37. The summed E-state index contributed by atoms with van der Waals surface area (Å²) in [5, 5.41) is 13.4. The van der Waals surface area contributed by atoms with Crippen molar-refractivity contribution in [2.75, 3.05) is 4.90 Å². The van der Waals surface area contributed by atoms with Crippen LogP contribution in [-0.2, 0) is 9.59 Å². The molecule has 9 nitrogen and oxygen atoms in total. The molecule has 1 aliphatic heterocycles. The summed E-state index contributed by atoms with van der Waals surface area (Å²) in [5.41, 5.74) is 0.931. The van der Waals surface area contributed by atoms with Crippen molar-refractivity contribution < 1.29 is 19.3 Å². The summed E-state index contributed by atoms with van der Waals surface area (Å²) in [6.07, 6.45) is 1.07. The molecule has 1 saturated heterocycles. The zero-order valence-electron chi connectivity index (χ0n) is 14.5. The number of hydrogen-bond donors (Lipinski definition) is 1. The van der Waals surface area contributed by atoms with E-state index in [2.05, 4.69) is 10.3 Å². The third-order valence-corrected chi connectivity index (χ3v) is 4.31. The Balaban J connectivity index is 1.92. The Morgan fingerprint density at radius 3 is 2.50 bits per heavy atom. The summed E-state index contributed by atoms with van der Waals surface area (Å²) < 4.78 is 0. The van der Waals surface area contributed by atoms with E-state index in [9.17, 15) is 24.5 Å². The van der Waals surface area contributed by atoms with Crippen molar-refractivity contribution in [2.24, 2.45) is 10.9 Å². The molecule has 0 spiro atoms. The first-order valence-corrected chi connectivity index (χ1v) is 8.39. The van der Waals surface area contributed by atoms with E-state index in [0.29, 0.717) is 10.6 Å². The third-order valence-electron chi connectivity index (χ3n) is 4.05. The van der Waals surface area contributed by atoms with Gasteiger partial charge in [-0.2, -0.15) is 0 Å². The van der Waals surface area contributed by atoms with Crippen LogP contribution in [0, 0.1) is 23.0 Å². The van der Waals surface area contributed by atoms with Gasteiger partial charge in [0.25, 0.3) is 11.6 Å². The molecule has 10 heteroatoms. The highest BCUT2D eigenvalue weighted by molar-refractivity contribution is 6.33. The number of carbonyl (C=O) groups is 3. The highest BCUT2D eigenvalue weighted by Gasteiger charge is 2.40. The average molecular weight is 401 g/mol. The Hall–Kier alpha value is -3.59. The first-order chi connectivity index (χ1) is 13.3. The molecule has 0 saturated carbocycles. The van der Waals surface area contributed by atoms with Gasteiger partial charge < -0.3 is 0 Å². The predicted octanol–water partition coefficient (Wildman–Crippen LogP) is 3.16. The number of barbiturate groups is 1. The Morgan fingerprint density at radius 1 is 1.18 bits per heavy atom. The van der Waals surface area contributed by atoms with E-state index < -0.39 is 28.7 Å². The quantitative estimate of drug-likeness (QED) is 0.365. The van der Waals surface area contributed by atoms with Crippen LogP contribution < -0.4 is 10.2 Å². The van der Waals surface area contributed by atoms with Crippen molar-refractivity contribution in [3.63, 3.8) is 0 Å². The van der Waals surface area contributed by atoms with Gasteiger partial charge in [0.2, 0.25) is 5.91 Å². The van der Waals surface area contributed by atoms with E-state index in [1.54, 1.807) is 6.92 Å². The van der Waals surface area contributed by atoms with E-state index in [-0.39, 0.29) is 17.1 Å². The number of rotatable bonds is 4. The summed E-state index contributed by atoms with van der Waals surface area (Å²) in [6.45, 7) is 1.68. The average Bonchev–Trinajstić information content (AvgIpc) is 2.64. The maximum absolute atomic E-state index is 12.7. The number of halogens is 1. The smallest absolute Gasteiger partial charge is 0.276 e. The molecular formula is C18H13ClN4O5. The van der Waals surface area contributed by atoms with E-state index in [0.717, 1.165) is 11.1 Å². The van der Waals surface area contributed by atoms with E-state index in [1.165, 1.54) is 42.5 Å². The number of carbonyl (C=O) groups excluding carboxylic acids is 3. The number of aryl methyl sites for hydroxylation is 1. The van der Waals surface area contributed by atoms with Gasteiger partial charge >= 0.3 is 6.03 Å². The number of aliphatic imine (C=N–C) groups is 1. The largest absolute Gasteiger partial charge is 0.335 e. The standard InChI is InChI=1S/C18H13ClN4O5/c1-10-2-5-13(23(27)28)8-15(10)20-9-14-16(24)21-18(26)22(17(14)25)12-6-3-11(19)4-7-12/h2-9,14H,1H3,(H,21,24,26)/t14-/m0/s1. The fourth-order valence-corrected chi connectivity index (χ4v) is 2.69. The minimum Gasteiger partial charge on any atom is -0.276 e. The first-order valence-electron chi connectivity index (χ1n) is 8.01. The molecule has 0 bridgehead atoms. The lowest BCUT2D eigenvalue weighted by molar-refractivity contribution is -0.384. The fraction of sp³-hybridized carbons (Fsp3) is 0.111. The van der Waals surface area contributed by atoms with Crippen LogP contribution in [0.15, 0.2) is 47.5 Å². The maximum Gasteiger partial charge on any atom is 0.335 e. The van der Waals surface area contributed by atoms with Crippen LogP contribution in [0.2, 0.25) is 5.02 Å². The zero-order valence-corrected chi connectivity index (χ0v) is 15.2. The second-order valence-corrected chi connectivity index (χ2v) is 6.36. The normalized spacial score (nSPS) is 17.1. The molecule has 2 aromatic rings. The summed E-state index contributed by atoms with van der Waals surface area (Å²) in [6, 6.07) is 9.13. The molecule has 0 radical (unpaired) electrons. The number of nitrogens with one attached hydrogen (secondary N) is 1. The minimum absolute atomic E-state index is 0.171. The van der Waals surface area contributed by atoms with Crippen LogP contribution in [0.5, 0.6) is 0 Å². The van der Waals surface area contributed by atoms with Crippen molar-refractivity contribution in [3.05, 3.63) is 63.2 Å². The van der Waals surface area contributed by atoms with Gasteiger partial charge in [-0.25, -0.2) is 9.69 Å². The number of anilines is 1. The molecule has 4 amide bonds. The topological polar surface area (TPSA) is 122 Å². The molecule has 142 valence electrons. The Bertz CT molecular complexity index is 1020. The number of nitro groups is 1. The van der Waals surface area contributed by atoms with E-state index >= 15 is 0 Å². The molecule has 1 atom stereocenters. The number of hydrogen-bond acceptors (Lipinski definition) is 6. The Morgan fingerprint density at radius 2 is 1.86 bits per heavy atom. The van der Waals surface area contributed by atoms with Gasteiger partial charge in [0.1, 0.15) is 0 Å². The molecule has 2 aromatic carbocycles.